The monoisotopic (exact) mass is 822 g/mol. The summed E-state index contributed by atoms with van der Waals surface area (Å²) in [7, 11) is 0. The van der Waals surface area contributed by atoms with Gasteiger partial charge >= 0.3 is 11.9 Å². The number of hydrogen-bond acceptors (Lipinski definition) is 6. The smallest absolute Gasteiger partial charge is 0.306 e. The van der Waals surface area contributed by atoms with Crippen LogP contribution < -0.4 is 0 Å². The lowest BCUT2D eigenvalue weighted by atomic mass is 9.85. The van der Waals surface area contributed by atoms with E-state index in [1.807, 2.05) is 0 Å². The Hall–Kier alpha value is -1.14. The van der Waals surface area contributed by atoms with E-state index >= 15 is 0 Å². The van der Waals surface area contributed by atoms with E-state index in [2.05, 4.69) is 46.4 Å². The molecule has 0 aliphatic heterocycles. The normalized spacial score (nSPS) is 12.9. The zero-order chi connectivity index (χ0) is 42.8. The lowest BCUT2D eigenvalue weighted by molar-refractivity contribution is -0.146. The molecule has 1 unspecified atom stereocenters. The van der Waals surface area contributed by atoms with Gasteiger partial charge in [0.25, 0.3) is 0 Å². The van der Waals surface area contributed by atoms with Crippen molar-refractivity contribution < 1.29 is 24.2 Å². The minimum atomic E-state index is -0.587. The van der Waals surface area contributed by atoms with Crippen LogP contribution in [0.1, 0.15) is 273 Å². The van der Waals surface area contributed by atoms with E-state index < -0.39 is 5.60 Å². The van der Waals surface area contributed by atoms with Crippen LogP contribution >= 0.6 is 0 Å². The van der Waals surface area contributed by atoms with Crippen LogP contribution in [0.4, 0.5) is 0 Å². The minimum absolute atomic E-state index is 0.00159. The fourth-order valence-corrected chi connectivity index (χ4v) is 8.87. The van der Waals surface area contributed by atoms with Crippen LogP contribution in [0, 0.1) is 11.8 Å². The average molecular weight is 822 g/mol. The van der Waals surface area contributed by atoms with E-state index in [9.17, 15) is 14.7 Å². The molecule has 0 amide bonds. The molecular formula is C52H103NO5. The summed E-state index contributed by atoms with van der Waals surface area (Å²) in [5.74, 6) is 0.968. The second-order valence-corrected chi connectivity index (χ2v) is 18.5. The van der Waals surface area contributed by atoms with Gasteiger partial charge in [0.15, 0.2) is 0 Å². The van der Waals surface area contributed by atoms with E-state index in [1.54, 1.807) is 0 Å². The van der Waals surface area contributed by atoms with Crippen molar-refractivity contribution in [2.24, 2.45) is 11.8 Å². The molecule has 0 aliphatic carbocycles. The van der Waals surface area contributed by atoms with Gasteiger partial charge in [-0.2, -0.15) is 0 Å². The van der Waals surface area contributed by atoms with Gasteiger partial charge < -0.3 is 19.5 Å². The molecule has 6 nitrogen and oxygen atoms in total. The molecule has 0 aromatic carbocycles. The maximum atomic E-state index is 12.7. The summed E-state index contributed by atoms with van der Waals surface area (Å²) in [6.07, 6.45) is 40.0. The van der Waals surface area contributed by atoms with Gasteiger partial charge in [-0.05, 0) is 115 Å². The van der Waals surface area contributed by atoms with Crippen molar-refractivity contribution in [3.63, 3.8) is 0 Å². The van der Waals surface area contributed by atoms with Crippen LogP contribution in [0.15, 0.2) is 0 Å². The molecule has 346 valence electrons. The van der Waals surface area contributed by atoms with Gasteiger partial charge in [-0.3, -0.25) is 9.59 Å². The van der Waals surface area contributed by atoms with Crippen LogP contribution in [0.3, 0.4) is 0 Å². The summed E-state index contributed by atoms with van der Waals surface area (Å²) in [6, 6.07) is 0. The van der Waals surface area contributed by atoms with Crippen molar-refractivity contribution in [3.8, 4) is 0 Å². The minimum Gasteiger partial charge on any atom is -0.466 e. The number of hydrogen-bond donors (Lipinski definition) is 1. The van der Waals surface area contributed by atoms with E-state index in [0.29, 0.717) is 37.9 Å². The summed E-state index contributed by atoms with van der Waals surface area (Å²) < 4.78 is 11.4. The highest BCUT2D eigenvalue weighted by molar-refractivity contribution is 5.70. The Morgan fingerprint density at radius 1 is 0.414 bits per heavy atom. The Bertz CT molecular complexity index is 854. The number of carbonyl (C=O) groups excluding carboxylic acids is 2. The molecule has 1 N–H and O–H groups in total. The van der Waals surface area contributed by atoms with Gasteiger partial charge in [-0.1, -0.05) is 176 Å². The number of esters is 2. The quantitative estimate of drug-likeness (QED) is 0.0487. The van der Waals surface area contributed by atoms with Gasteiger partial charge in [-0.25, -0.2) is 0 Å². The molecule has 0 aromatic rings. The first-order valence-corrected chi connectivity index (χ1v) is 26.0. The molecule has 0 saturated carbocycles. The van der Waals surface area contributed by atoms with E-state index in [-0.39, 0.29) is 11.9 Å². The summed E-state index contributed by atoms with van der Waals surface area (Å²) in [4.78, 5) is 27.9. The molecule has 0 bridgehead atoms. The highest BCUT2D eigenvalue weighted by Gasteiger charge is 2.25. The number of unbranched alkanes of at least 4 members (excludes halogenated alkanes) is 18. The highest BCUT2D eigenvalue weighted by Crippen LogP contribution is 2.29. The number of ether oxygens (including phenoxy) is 2. The van der Waals surface area contributed by atoms with Gasteiger partial charge in [0.1, 0.15) is 0 Å². The summed E-state index contributed by atoms with van der Waals surface area (Å²) >= 11 is 0. The molecule has 0 spiro atoms. The molecule has 0 aromatic heterocycles. The van der Waals surface area contributed by atoms with Crippen LogP contribution in [-0.4, -0.2) is 60.4 Å². The molecule has 0 rings (SSSR count). The number of nitrogens with zero attached hydrogens (tertiary/aromatic N) is 1. The Morgan fingerprint density at radius 3 is 1.14 bits per heavy atom. The maximum Gasteiger partial charge on any atom is 0.306 e. The van der Waals surface area contributed by atoms with Crippen molar-refractivity contribution in [1.82, 2.24) is 4.90 Å². The third kappa shape index (κ3) is 36.7. The van der Waals surface area contributed by atoms with E-state index in [1.165, 1.54) is 116 Å². The van der Waals surface area contributed by atoms with E-state index in [0.717, 1.165) is 122 Å². The van der Waals surface area contributed by atoms with Gasteiger partial charge in [0, 0.05) is 12.8 Å². The number of aliphatic hydroxyl groups is 1. The largest absolute Gasteiger partial charge is 0.466 e. The second kappa shape index (κ2) is 42.5. The zero-order valence-corrected chi connectivity index (χ0v) is 40.2. The molecule has 1 atom stereocenters. The molecule has 0 fully saturated rings. The molecule has 58 heavy (non-hydrogen) atoms. The van der Waals surface area contributed by atoms with Crippen molar-refractivity contribution >= 4 is 11.9 Å². The van der Waals surface area contributed by atoms with Crippen LogP contribution in [0.2, 0.25) is 0 Å². The first-order valence-electron chi connectivity index (χ1n) is 26.0. The summed E-state index contributed by atoms with van der Waals surface area (Å²) in [5.41, 5.74) is -0.587. The fourth-order valence-electron chi connectivity index (χ4n) is 8.87. The van der Waals surface area contributed by atoms with E-state index in [4.69, 9.17) is 9.47 Å². The van der Waals surface area contributed by atoms with Gasteiger partial charge in [0.2, 0.25) is 0 Å². The zero-order valence-electron chi connectivity index (χ0n) is 40.2. The fraction of sp³-hybridized carbons (Fsp3) is 0.962. The average Bonchev–Trinajstić information content (AvgIpc) is 3.20. The molecule has 6 heteroatoms. The highest BCUT2D eigenvalue weighted by atomic mass is 16.5. The third-order valence-electron chi connectivity index (χ3n) is 12.6. The molecular weight excluding hydrogens is 719 g/mol. The van der Waals surface area contributed by atoms with Crippen LogP contribution in [-0.2, 0) is 19.1 Å². The topological polar surface area (TPSA) is 76.1 Å². The lowest BCUT2D eigenvalue weighted by Gasteiger charge is -2.29. The predicted molar refractivity (Wildman–Crippen MR) is 251 cm³/mol. The molecule has 0 heterocycles. The SMILES string of the molecule is CCCCCCC(CCCCCC)CC(=O)OCCCCCCC(O)(CCCCCCCOC(=O)CC(CCCCC)CCCCC)CCCCN(CCC)CCC. The second-order valence-electron chi connectivity index (χ2n) is 18.5. The number of rotatable bonds is 46. The standard InChI is InChI=1S/C52H103NO5/c1-7-13-17-26-36-49(37-27-18-14-8-2)47-51(55)58-45-33-23-21-29-39-52(56,40-30-31-43-53(41-11-5)42-12-6)38-28-20-19-22-32-44-57-50(54)46-48(34-24-15-9-3)35-25-16-10-4/h48-49,56H,7-47H2,1-6H3. The van der Waals surface area contributed by atoms with Gasteiger partial charge in [-0.15, -0.1) is 0 Å². The Labute approximate surface area is 362 Å². The Balaban J connectivity index is 4.67. The van der Waals surface area contributed by atoms with Crippen molar-refractivity contribution in [1.29, 1.82) is 0 Å². The Morgan fingerprint density at radius 2 is 0.741 bits per heavy atom. The van der Waals surface area contributed by atoms with Crippen LogP contribution in [0.5, 0.6) is 0 Å². The van der Waals surface area contributed by atoms with Crippen molar-refractivity contribution in [2.75, 3.05) is 32.8 Å². The third-order valence-corrected chi connectivity index (χ3v) is 12.6. The van der Waals surface area contributed by atoms with Crippen molar-refractivity contribution in [2.45, 2.75) is 278 Å². The number of carbonyl (C=O) groups is 2. The molecule has 0 radical (unpaired) electrons. The van der Waals surface area contributed by atoms with Gasteiger partial charge in [0.05, 0.1) is 18.8 Å². The first-order chi connectivity index (χ1) is 28.3. The predicted octanol–water partition coefficient (Wildman–Crippen LogP) is 15.5. The summed E-state index contributed by atoms with van der Waals surface area (Å²) in [5, 5.41) is 11.9. The first kappa shape index (κ1) is 56.9. The lowest BCUT2D eigenvalue weighted by Crippen LogP contribution is -2.30. The molecule has 0 aliphatic rings. The van der Waals surface area contributed by atoms with Crippen molar-refractivity contribution in [3.05, 3.63) is 0 Å². The maximum absolute atomic E-state index is 12.7. The van der Waals surface area contributed by atoms with Crippen LogP contribution in [0.25, 0.3) is 0 Å². The Kier molecular flexibility index (Phi) is 41.7. The summed E-state index contributed by atoms with van der Waals surface area (Å²) in [6.45, 7) is 18.1. The molecule has 0 saturated heterocycles.